The van der Waals surface area contributed by atoms with E-state index in [1.165, 1.54) is 0 Å². The molecular weight excluding hydrogens is 281 g/mol. The Morgan fingerprint density at radius 3 is 2.42 bits per heavy atom. The van der Waals surface area contributed by atoms with E-state index in [0.717, 1.165) is 35.5 Å². The van der Waals surface area contributed by atoms with Crippen LogP contribution < -0.4 is 0 Å². The van der Waals surface area contributed by atoms with Crippen molar-refractivity contribution in [1.82, 2.24) is 4.57 Å². The molecule has 98 valence electrons. The lowest BCUT2D eigenvalue weighted by Crippen LogP contribution is -2.12. The molecule has 1 aromatic carbocycles. The van der Waals surface area contributed by atoms with Crippen LogP contribution in [0.3, 0.4) is 0 Å². The first-order chi connectivity index (χ1) is 9.06. The van der Waals surface area contributed by atoms with Crippen molar-refractivity contribution in [2.24, 2.45) is 0 Å². The van der Waals surface area contributed by atoms with Gasteiger partial charge in [-0.25, -0.2) is 0 Å². The van der Waals surface area contributed by atoms with Crippen molar-refractivity contribution in [2.75, 3.05) is 0 Å². The number of hydrogen-bond donors (Lipinski definition) is 0. The lowest BCUT2D eigenvalue weighted by Gasteiger charge is -2.16. The number of ketones is 1. The smallest absolute Gasteiger partial charge is 0.164 e. The molecule has 0 saturated carbocycles. The number of rotatable bonds is 1. The number of benzene rings is 1. The van der Waals surface area contributed by atoms with Gasteiger partial charge in [-0.05, 0) is 44.0 Å². The number of carbonyl (C=O) groups excluding carboxylic acids is 1. The van der Waals surface area contributed by atoms with E-state index < -0.39 is 0 Å². The Kier molecular flexibility index (Phi) is 3.15. The fraction of sp³-hybridized carbons (Fsp3) is 0.267. The van der Waals surface area contributed by atoms with Gasteiger partial charge >= 0.3 is 0 Å². The van der Waals surface area contributed by atoms with Crippen LogP contribution >= 0.6 is 23.2 Å². The number of Topliss-reactive ketones (excluding diaryl/α,β-unsaturated/α-hetero) is 1. The van der Waals surface area contributed by atoms with Crippen LogP contribution in [0.5, 0.6) is 0 Å². The predicted octanol–water partition coefficient (Wildman–Crippen LogP) is 4.61. The second kappa shape index (κ2) is 4.69. The normalized spacial score (nSPS) is 14.6. The van der Waals surface area contributed by atoms with Crippen molar-refractivity contribution in [3.8, 4) is 5.69 Å². The predicted molar refractivity (Wildman–Crippen MR) is 77.8 cm³/mol. The standard InChI is InChI=1S/C15H13Cl2NO/c1-9-5-13-14(3-2-4-15(13)19)18(9)12-7-10(16)6-11(17)8-12/h5-8H,2-4H2,1H3. The monoisotopic (exact) mass is 293 g/mol. The Morgan fingerprint density at radius 1 is 1.05 bits per heavy atom. The van der Waals surface area contributed by atoms with Crippen LogP contribution in [0.4, 0.5) is 0 Å². The molecule has 19 heavy (non-hydrogen) atoms. The van der Waals surface area contributed by atoms with Crippen molar-refractivity contribution in [1.29, 1.82) is 0 Å². The molecule has 2 nitrogen and oxygen atoms in total. The minimum atomic E-state index is 0.233. The van der Waals surface area contributed by atoms with Gasteiger partial charge in [-0.15, -0.1) is 0 Å². The van der Waals surface area contributed by atoms with E-state index in [-0.39, 0.29) is 5.78 Å². The number of nitrogens with zero attached hydrogens (tertiary/aromatic N) is 1. The van der Waals surface area contributed by atoms with E-state index in [0.29, 0.717) is 16.5 Å². The quantitative estimate of drug-likeness (QED) is 0.752. The van der Waals surface area contributed by atoms with Crippen molar-refractivity contribution in [2.45, 2.75) is 26.2 Å². The Bertz CT molecular complexity index is 653. The Balaban J connectivity index is 2.23. The third-order valence-corrected chi connectivity index (χ3v) is 3.95. The van der Waals surface area contributed by atoms with Crippen LogP contribution in [0.2, 0.25) is 10.0 Å². The van der Waals surface area contributed by atoms with Crippen molar-refractivity contribution >= 4 is 29.0 Å². The van der Waals surface area contributed by atoms with Gasteiger partial charge < -0.3 is 4.57 Å². The maximum Gasteiger partial charge on any atom is 0.164 e. The molecule has 1 aliphatic carbocycles. The largest absolute Gasteiger partial charge is 0.317 e. The fourth-order valence-electron chi connectivity index (χ4n) is 2.76. The molecule has 0 saturated heterocycles. The molecule has 1 heterocycles. The van der Waals surface area contributed by atoms with Crippen LogP contribution in [-0.4, -0.2) is 10.4 Å². The highest BCUT2D eigenvalue weighted by molar-refractivity contribution is 6.34. The maximum atomic E-state index is 12.0. The van der Waals surface area contributed by atoms with Gasteiger partial charge in [0, 0.05) is 39.1 Å². The first-order valence-corrected chi connectivity index (χ1v) is 7.03. The van der Waals surface area contributed by atoms with E-state index in [1.807, 2.05) is 25.1 Å². The summed E-state index contributed by atoms with van der Waals surface area (Å²) in [6.45, 7) is 2.00. The van der Waals surface area contributed by atoms with E-state index in [1.54, 1.807) is 6.07 Å². The van der Waals surface area contributed by atoms with Gasteiger partial charge in [-0.3, -0.25) is 4.79 Å². The summed E-state index contributed by atoms with van der Waals surface area (Å²) in [5.74, 6) is 0.233. The van der Waals surface area contributed by atoms with Gasteiger partial charge in [0.2, 0.25) is 0 Å². The zero-order valence-electron chi connectivity index (χ0n) is 10.5. The first-order valence-electron chi connectivity index (χ1n) is 6.27. The lowest BCUT2D eigenvalue weighted by molar-refractivity contribution is 0.0972. The number of aromatic nitrogens is 1. The molecule has 1 aromatic heterocycles. The summed E-state index contributed by atoms with van der Waals surface area (Å²) in [5, 5.41) is 1.21. The highest BCUT2D eigenvalue weighted by Crippen LogP contribution is 2.30. The summed E-state index contributed by atoms with van der Waals surface area (Å²) in [6, 6.07) is 7.42. The van der Waals surface area contributed by atoms with Gasteiger partial charge in [0.15, 0.2) is 5.78 Å². The van der Waals surface area contributed by atoms with Gasteiger partial charge in [-0.2, -0.15) is 0 Å². The van der Waals surface area contributed by atoms with E-state index in [4.69, 9.17) is 23.2 Å². The van der Waals surface area contributed by atoms with E-state index in [2.05, 4.69) is 4.57 Å². The van der Waals surface area contributed by atoms with E-state index >= 15 is 0 Å². The molecule has 1 aliphatic rings. The van der Waals surface area contributed by atoms with Crippen molar-refractivity contribution in [3.05, 3.63) is 51.3 Å². The highest BCUT2D eigenvalue weighted by Gasteiger charge is 2.23. The molecule has 0 unspecified atom stereocenters. The molecule has 2 aromatic rings. The molecule has 0 N–H and O–H groups in total. The molecule has 0 atom stereocenters. The second-order valence-corrected chi connectivity index (χ2v) is 5.76. The fourth-order valence-corrected chi connectivity index (χ4v) is 3.27. The molecule has 3 rings (SSSR count). The number of fused-ring (bicyclic) bond motifs is 1. The van der Waals surface area contributed by atoms with Crippen LogP contribution in [0.25, 0.3) is 5.69 Å². The average molecular weight is 294 g/mol. The van der Waals surface area contributed by atoms with Gasteiger partial charge in [-0.1, -0.05) is 23.2 Å². The second-order valence-electron chi connectivity index (χ2n) is 4.89. The number of hydrogen-bond acceptors (Lipinski definition) is 1. The zero-order valence-corrected chi connectivity index (χ0v) is 12.1. The maximum absolute atomic E-state index is 12.0. The highest BCUT2D eigenvalue weighted by atomic mass is 35.5. The number of aryl methyl sites for hydroxylation is 1. The summed E-state index contributed by atoms with van der Waals surface area (Å²) in [6.07, 6.45) is 2.47. The van der Waals surface area contributed by atoms with Gasteiger partial charge in [0.25, 0.3) is 0 Å². The average Bonchev–Trinajstić information content (AvgIpc) is 2.65. The SMILES string of the molecule is Cc1cc2c(n1-c1cc(Cl)cc(Cl)c1)CCCC2=O. The minimum Gasteiger partial charge on any atom is -0.317 e. The molecule has 4 heteroatoms. The third kappa shape index (κ3) is 2.19. The number of halogens is 2. The van der Waals surface area contributed by atoms with Crippen LogP contribution in [0.1, 0.15) is 34.6 Å². The summed E-state index contributed by atoms with van der Waals surface area (Å²) in [5.41, 5.74) is 3.89. The molecule has 0 bridgehead atoms. The van der Waals surface area contributed by atoms with Crippen LogP contribution in [-0.2, 0) is 6.42 Å². The Hall–Kier alpha value is -1.25. The Labute approximate surface area is 121 Å². The molecule has 0 aliphatic heterocycles. The van der Waals surface area contributed by atoms with E-state index in [9.17, 15) is 4.79 Å². The van der Waals surface area contributed by atoms with Crippen LogP contribution in [0, 0.1) is 6.92 Å². The van der Waals surface area contributed by atoms with Crippen LogP contribution in [0.15, 0.2) is 24.3 Å². The molecule has 0 fully saturated rings. The minimum absolute atomic E-state index is 0.233. The topological polar surface area (TPSA) is 22.0 Å². The molecule has 0 spiro atoms. The summed E-state index contributed by atoms with van der Waals surface area (Å²) in [4.78, 5) is 12.0. The molecular formula is C15H13Cl2NO. The lowest BCUT2D eigenvalue weighted by atomic mass is 9.96. The van der Waals surface area contributed by atoms with Gasteiger partial charge in [0.05, 0.1) is 0 Å². The summed E-state index contributed by atoms with van der Waals surface area (Å²) < 4.78 is 2.09. The molecule has 0 radical (unpaired) electrons. The van der Waals surface area contributed by atoms with Crippen molar-refractivity contribution in [3.63, 3.8) is 0 Å². The van der Waals surface area contributed by atoms with Crippen molar-refractivity contribution < 1.29 is 4.79 Å². The summed E-state index contributed by atoms with van der Waals surface area (Å²) >= 11 is 12.1. The third-order valence-electron chi connectivity index (χ3n) is 3.51. The molecule has 0 amide bonds. The zero-order chi connectivity index (χ0) is 13.6. The summed E-state index contributed by atoms with van der Waals surface area (Å²) in [7, 11) is 0. The van der Waals surface area contributed by atoms with Gasteiger partial charge in [0.1, 0.15) is 0 Å². The number of carbonyl (C=O) groups is 1. The Morgan fingerprint density at radius 2 is 1.74 bits per heavy atom. The first kappa shape index (κ1) is 12.8.